The van der Waals surface area contributed by atoms with Gasteiger partial charge in [0.15, 0.2) is 0 Å². The molecule has 172 valence electrons. The number of carbonyl (C=O) groups is 2. The number of nitrogens with zero attached hydrogens (tertiary/aromatic N) is 2. The van der Waals surface area contributed by atoms with Gasteiger partial charge in [0.05, 0.1) is 10.9 Å². The molecule has 0 aromatic heterocycles. The SMILES string of the molecule is CC(C(=O)Nc1cccc(S(=O)(=O)N(C)C)c1)N1CCC(C(=O)Nc2ccccc2)CC1. The maximum absolute atomic E-state index is 12.8. The van der Waals surface area contributed by atoms with Crippen LogP contribution in [0.5, 0.6) is 0 Å². The number of hydrogen-bond acceptors (Lipinski definition) is 5. The number of anilines is 2. The maximum atomic E-state index is 12.8. The molecular formula is C23H30N4O4S. The highest BCUT2D eigenvalue weighted by atomic mass is 32.2. The summed E-state index contributed by atoms with van der Waals surface area (Å²) in [7, 11) is -0.650. The van der Waals surface area contributed by atoms with Crippen LogP contribution in [-0.2, 0) is 19.6 Å². The van der Waals surface area contributed by atoms with Gasteiger partial charge in [-0.2, -0.15) is 0 Å². The molecule has 1 atom stereocenters. The van der Waals surface area contributed by atoms with Crippen LogP contribution in [0.3, 0.4) is 0 Å². The van der Waals surface area contributed by atoms with Crippen LogP contribution >= 0.6 is 0 Å². The number of carbonyl (C=O) groups excluding carboxylic acids is 2. The number of sulfonamides is 1. The zero-order valence-corrected chi connectivity index (χ0v) is 19.4. The average molecular weight is 459 g/mol. The molecule has 32 heavy (non-hydrogen) atoms. The Labute approximate surface area is 189 Å². The van der Waals surface area contributed by atoms with E-state index in [4.69, 9.17) is 0 Å². The zero-order chi connectivity index (χ0) is 23.3. The van der Waals surface area contributed by atoms with Crippen molar-refractivity contribution >= 4 is 33.2 Å². The van der Waals surface area contributed by atoms with E-state index in [-0.39, 0.29) is 22.6 Å². The second kappa shape index (κ2) is 10.2. The predicted molar refractivity (Wildman–Crippen MR) is 125 cm³/mol. The van der Waals surface area contributed by atoms with E-state index >= 15 is 0 Å². The first-order chi connectivity index (χ1) is 15.2. The van der Waals surface area contributed by atoms with Crippen molar-refractivity contribution in [1.29, 1.82) is 0 Å². The van der Waals surface area contributed by atoms with Crippen LogP contribution in [0.1, 0.15) is 19.8 Å². The molecular weight excluding hydrogens is 428 g/mol. The van der Waals surface area contributed by atoms with E-state index in [0.717, 1.165) is 9.99 Å². The smallest absolute Gasteiger partial charge is 0.242 e. The first-order valence-electron chi connectivity index (χ1n) is 10.6. The Kier molecular flexibility index (Phi) is 7.65. The molecule has 0 spiro atoms. The summed E-state index contributed by atoms with van der Waals surface area (Å²) in [5.41, 5.74) is 1.22. The average Bonchev–Trinajstić information content (AvgIpc) is 2.79. The lowest BCUT2D eigenvalue weighted by atomic mass is 9.94. The third kappa shape index (κ3) is 5.73. The molecule has 2 amide bonds. The third-order valence-electron chi connectivity index (χ3n) is 5.75. The largest absolute Gasteiger partial charge is 0.326 e. The van der Waals surface area contributed by atoms with Crippen LogP contribution in [-0.4, -0.2) is 62.7 Å². The molecule has 1 heterocycles. The lowest BCUT2D eigenvalue weighted by Gasteiger charge is -2.34. The Morgan fingerprint density at radius 3 is 2.22 bits per heavy atom. The normalized spacial score (nSPS) is 16.5. The van der Waals surface area contributed by atoms with Crippen molar-refractivity contribution in [3.63, 3.8) is 0 Å². The number of amides is 2. The standard InChI is InChI=1S/C23H30N4O4S/c1-17(22(28)25-20-10-7-11-21(16-20)32(30,31)26(2)3)27-14-12-18(13-15-27)23(29)24-19-8-5-4-6-9-19/h4-11,16-18H,12-15H2,1-3H3,(H,24,29)(H,25,28). The van der Waals surface area contributed by atoms with E-state index in [2.05, 4.69) is 10.6 Å². The van der Waals surface area contributed by atoms with Gasteiger partial charge in [-0.25, -0.2) is 12.7 Å². The molecule has 2 N–H and O–H groups in total. The summed E-state index contributed by atoms with van der Waals surface area (Å²) in [5, 5.41) is 5.76. The Morgan fingerprint density at radius 2 is 1.59 bits per heavy atom. The third-order valence-corrected chi connectivity index (χ3v) is 7.56. The Morgan fingerprint density at radius 1 is 0.969 bits per heavy atom. The number of para-hydroxylation sites is 1. The minimum atomic E-state index is -3.58. The van der Waals surface area contributed by atoms with Crippen LogP contribution in [0.2, 0.25) is 0 Å². The number of likely N-dealkylation sites (tertiary alicyclic amines) is 1. The Balaban J connectivity index is 1.55. The van der Waals surface area contributed by atoms with Gasteiger partial charge in [0.25, 0.3) is 0 Å². The molecule has 1 saturated heterocycles. The first-order valence-corrected chi connectivity index (χ1v) is 12.1. The molecule has 0 saturated carbocycles. The molecule has 1 aliphatic heterocycles. The van der Waals surface area contributed by atoms with Crippen molar-refractivity contribution in [2.75, 3.05) is 37.8 Å². The fourth-order valence-corrected chi connectivity index (χ4v) is 4.62. The van der Waals surface area contributed by atoms with Crippen LogP contribution in [0.25, 0.3) is 0 Å². The predicted octanol–water partition coefficient (Wildman–Crippen LogP) is 2.61. The number of benzene rings is 2. The van der Waals surface area contributed by atoms with Gasteiger partial charge in [-0.05, 0) is 63.2 Å². The second-order valence-electron chi connectivity index (χ2n) is 8.15. The minimum Gasteiger partial charge on any atom is -0.326 e. The number of nitrogens with one attached hydrogen (secondary N) is 2. The van der Waals surface area contributed by atoms with Crippen molar-refractivity contribution in [3.05, 3.63) is 54.6 Å². The lowest BCUT2D eigenvalue weighted by Crippen LogP contribution is -2.47. The van der Waals surface area contributed by atoms with Crippen LogP contribution in [0.4, 0.5) is 11.4 Å². The number of hydrogen-bond donors (Lipinski definition) is 2. The van der Waals surface area contributed by atoms with Gasteiger partial charge in [-0.1, -0.05) is 24.3 Å². The molecule has 8 nitrogen and oxygen atoms in total. The molecule has 0 radical (unpaired) electrons. The summed E-state index contributed by atoms with van der Waals surface area (Å²) < 4.78 is 25.8. The van der Waals surface area contributed by atoms with E-state index < -0.39 is 16.1 Å². The van der Waals surface area contributed by atoms with Gasteiger partial charge in [0.1, 0.15) is 0 Å². The molecule has 2 aromatic carbocycles. The minimum absolute atomic E-state index is 0.00636. The summed E-state index contributed by atoms with van der Waals surface area (Å²) in [4.78, 5) is 27.5. The Bertz CT molecular complexity index is 1050. The molecule has 1 fully saturated rings. The first kappa shape index (κ1) is 23.9. The maximum Gasteiger partial charge on any atom is 0.242 e. The van der Waals surface area contributed by atoms with Gasteiger partial charge >= 0.3 is 0 Å². The van der Waals surface area contributed by atoms with Crippen molar-refractivity contribution in [3.8, 4) is 0 Å². The number of piperidine rings is 1. The Hall–Kier alpha value is -2.75. The summed E-state index contributed by atoms with van der Waals surface area (Å²) in [6.45, 7) is 3.09. The molecule has 1 aliphatic rings. The topological polar surface area (TPSA) is 98.8 Å². The second-order valence-corrected chi connectivity index (χ2v) is 10.3. The fraction of sp³-hybridized carbons (Fsp3) is 0.391. The molecule has 9 heteroatoms. The summed E-state index contributed by atoms with van der Waals surface area (Å²) in [6.07, 6.45) is 1.35. The fourth-order valence-electron chi connectivity index (χ4n) is 3.67. The van der Waals surface area contributed by atoms with Crippen molar-refractivity contribution in [2.24, 2.45) is 5.92 Å². The van der Waals surface area contributed by atoms with E-state index in [0.29, 0.717) is 31.6 Å². The summed E-state index contributed by atoms with van der Waals surface area (Å²) in [5.74, 6) is -0.293. The van der Waals surface area contributed by atoms with Gasteiger partial charge in [0, 0.05) is 31.4 Å². The van der Waals surface area contributed by atoms with Gasteiger partial charge in [0.2, 0.25) is 21.8 Å². The molecule has 0 aliphatic carbocycles. The zero-order valence-electron chi connectivity index (χ0n) is 18.6. The summed E-state index contributed by atoms with van der Waals surface area (Å²) in [6, 6.07) is 15.2. The quantitative estimate of drug-likeness (QED) is 0.665. The lowest BCUT2D eigenvalue weighted by molar-refractivity contribution is -0.123. The molecule has 0 bridgehead atoms. The molecule has 3 rings (SSSR count). The van der Waals surface area contributed by atoms with Crippen molar-refractivity contribution in [1.82, 2.24) is 9.21 Å². The van der Waals surface area contributed by atoms with Gasteiger partial charge < -0.3 is 10.6 Å². The van der Waals surface area contributed by atoms with Crippen LogP contribution in [0, 0.1) is 5.92 Å². The highest BCUT2D eigenvalue weighted by Crippen LogP contribution is 2.22. The van der Waals surface area contributed by atoms with Crippen molar-refractivity contribution < 1.29 is 18.0 Å². The van der Waals surface area contributed by atoms with Gasteiger partial charge in [-0.15, -0.1) is 0 Å². The van der Waals surface area contributed by atoms with E-state index in [1.54, 1.807) is 12.1 Å². The highest BCUT2D eigenvalue weighted by molar-refractivity contribution is 7.89. The van der Waals surface area contributed by atoms with E-state index in [1.165, 1.54) is 26.2 Å². The van der Waals surface area contributed by atoms with Gasteiger partial charge in [-0.3, -0.25) is 14.5 Å². The summed E-state index contributed by atoms with van der Waals surface area (Å²) >= 11 is 0. The van der Waals surface area contributed by atoms with E-state index in [1.807, 2.05) is 42.2 Å². The van der Waals surface area contributed by atoms with E-state index in [9.17, 15) is 18.0 Å². The van der Waals surface area contributed by atoms with Crippen LogP contribution < -0.4 is 10.6 Å². The van der Waals surface area contributed by atoms with Crippen LogP contribution in [0.15, 0.2) is 59.5 Å². The van der Waals surface area contributed by atoms with Crippen molar-refractivity contribution in [2.45, 2.75) is 30.7 Å². The number of rotatable bonds is 7. The highest BCUT2D eigenvalue weighted by Gasteiger charge is 2.30. The monoisotopic (exact) mass is 458 g/mol. The molecule has 2 aromatic rings. The molecule has 1 unspecified atom stereocenters.